The average Bonchev–Trinajstić information content (AvgIpc) is 4.18. The third-order valence-electron chi connectivity index (χ3n) is 15.8. The number of thiophene rings is 1. The normalized spacial score (nSPS) is 12.6. The summed E-state index contributed by atoms with van der Waals surface area (Å²) in [4.78, 5) is 2.46. The van der Waals surface area contributed by atoms with Gasteiger partial charge >= 0.3 is 0 Å². The Morgan fingerprint density at radius 2 is 0.842 bits per heavy atom. The van der Waals surface area contributed by atoms with Crippen LogP contribution in [0.15, 0.2) is 290 Å². The summed E-state index contributed by atoms with van der Waals surface area (Å²) in [7, 11) is 0. The van der Waals surface area contributed by atoms with Gasteiger partial charge in [0.2, 0.25) is 0 Å². The van der Waals surface area contributed by atoms with Gasteiger partial charge in [-0.2, -0.15) is 0 Å². The second-order valence-corrected chi connectivity index (χ2v) is 20.9. The first-order chi connectivity index (χ1) is 37.7. The monoisotopic (exact) mass is 985 g/mol. The maximum Gasteiger partial charge on any atom is 0.143 e. The van der Waals surface area contributed by atoms with E-state index in [1.54, 1.807) is 0 Å². The topological polar surface area (TPSA) is 16.4 Å². The number of furan rings is 1. The van der Waals surface area contributed by atoms with E-state index in [0.717, 1.165) is 61.3 Å². The highest BCUT2D eigenvalue weighted by atomic mass is 32.1. The lowest BCUT2D eigenvalue weighted by atomic mass is 9.68. The summed E-state index contributed by atoms with van der Waals surface area (Å²) in [6.45, 7) is 0. The molecule has 12 aromatic carbocycles. The van der Waals surface area contributed by atoms with Gasteiger partial charge in [-0.15, -0.1) is 11.3 Å². The van der Waals surface area contributed by atoms with E-state index in [2.05, 4.69) is 278 Å². The fourth-order valence-corrected chi connectivity index (χ4v) is 13.6. The molecule has 0 spiro atoms. The van der Waals surface area contributed by atoms with Crippen molar-refractivity contribution in [3.8, 4) is 55.6 Å². The summed E-state index contributed by atoms with van der Waals surface area (Å²) in [6.07, 6.45) is 0. The van der Waals surface area contributed by atoms with Crippen LogP contribution in [0.3, 0.4) is 0 Å². The molecule has 0 aliphatic heterocycles. The van der Waals surface area contributed by atoms with Crippen LogP contribution in [0.1, 0.15) is 22.3 Å². The Morgan fingerprint density at radius 3 is 1.58 bits per heavy atom. The standard InChI is InChI=1S/C73H47NOS/c1-3-19-54(20-4-1)73(55-21-5-2-6-22-55)65-30-10-7-25-64(65)70-66(73)31-16-32-67(70)74(56-43-39-49(40-44-56)48-35-37-51(38-36-48)59-27-15-29-63-61-24-9-12-34-69(61)76-72(59)63)57-45-41-50(42-46-57)52-17-13-18-53(47-52)58-26-14-28-62-60-23-8-11-33-68(60)75-71(58)62/h1-47H. The molecule has 2 nitrogen and oxygen atoms in total. The number of anilines is 3. The van der Waals surface area contributed by atoms with Crippen molar-refractivity contribution in [3.63, 3.8) is 0 Å². The molecule has 0 unspecified atom stereocenters. The van der Waals surface area contributed by atoms with Crippen LogP contribution in [-0.2, 0) is 5.41 Å². The second-order valence-electron chi connectivity index (χ2n) is 19.9. The van der Waals surface area contributed by atoms with E-state index in [4.69, 9.17) is 4.42 Å². The van der Waals surface area contributed by atoms with E-state index in [-0.39, 0.29) is 0 Å². The summed E-state index contributed by atoms with van der Waals surface area (Å²) in [5.74, 6) is 0. The van der Waals surface area contributed by atoms with Crippen LogP contribution in [0, 0.1) is 0 Å². The van der Waals surface area contributed by atoms with Crippen LogP contribution in [-0.4, -0.2) is 0 Å². The van der Waals surface area contributed by atoms with E-state index in [0.29, 0.717) is 0 Å². The molecule has 0 amide bonds. The van der Waals surface area contributed by atoms with Gasteiger partial charge in [0.15, 0.2) is 0 Å². The first kappa shape index (κ1) is 44.0. The van der Waals surface area contributed by atoms with Gasteiger partial charge in [-0.3, -0.25) is 0 Å². The Kier molecular flexibility index (Phi) is 10.3. The molecule has 3 heteroatoms. The van der Waals surface area contributed by atoms with E-state index in [1.807, 2.05) is 23.5 Å². The molecule has 2 heterocycles. The number of hydrogen-bond acceptors (Lipinski definition) is 3. The van der Waals surface area contributed by atoms with Crippen LogP contribution in [0.5, 0.6) is 0 Å². The van der Waals surface area contributed by atoms with Gasteiger partial charge in [-0.1, -0.05) is 237 Å². The molecule has 2 aromatic heterocycles. The largest absolute Gasteiger partial charge is 0.455 e. The maximum absolute atomic E-state index is 6.50. The van der Waals surface area contributed by atoms with Crippen LogP contribution < -0.4 is 4.90 Å². The molecule has 14 aromatic rings. The fraction of sp³-hybridized carbons (Fsp3) is 0.0137. The molecule has 0 saturated carbocycles. The lowest BCUT2D eigenvalue weighted by Crippen LogP contribution is -2.28. The number of hydrogen-bond donors (Lipinski definition) is 0. The second kappa shape index (κ2) is 17.8. The Morgan fingerprint density at radius 1 is 0.329 bits per heavy atom. The third kappa shape index (κ3) is 6.94. The molecule has 15 rings (SSSR count). The highest BCUT2D eigenvalue weighted by Gasteiger charge is 2.47. The summed E-state index contributed by atoms with van der Waals surface area (Å²) < 4.78 is 9.15. The first-order valence-corrected chi connectivity index (χ1v) is 26.9. The zero-order valence-electron chi connectivity index (χ0n) is 41.4. The zero-order chi connectivity index (χ0) is 50.2. The SMILES string of the molecule is c1ccc(C2(c3ccccc3)c3ccccc3-c3c(N(c4ccc(-c5ccc(-c6cccc7c6sc6ccccc67)cc5)cc4)c4ccc(-c5cccc(-c6cccc7c6oc6ccccc67)c5)cc4)cccc32)cc1. The molecule has 1 aliphatic rings. The molecule has 356 valence electrons. The van der Waals surface area contributed by atoms with Crippen molar-refractivity contribution < 1.29 is 4.42 Å². The lowest BCUT2D eigenvalue weighted by molar-refractivity contribution is 0.670. The minimum Gasteiger partial charge on any atom is -0.455 e. The van der Waals surface area contributed by atoms with Crippen molar-refractivity contribution >= 4 is 70.5 Å². The fourth-order valence-electron chi connectivity index (χ4n) is 12.4. The maximum atomic E-state index is 6.50. The number of fused-ring (bicyclic) bond motifs is 9. The van der Waals surface area contributed by atoms with E-state index < -0.39 is 5.41 Å². The van der Waals surface area contributed by atoms with Crippen LogP contribution in [0.4, 0.5) is 17.1 Å². The minimum absolute atomic E-state index is 0.532. The Labute approximate surface area is 445 Å². The van der Waals surface area contributed by atoms with Crippen molar-refractivity contribution in [3.05, 3.63) is 307 Å². The van der Waals surface area contributed by atoms with Crippen LogP contribution >= 0.6 is 11.3 Å². The first-order valence-electron chi connectivity index (χ1n) is 26.1. The molecule has 76 heavy (non-hydrogen) atoms. The quantitative estimate of drug-likeness (QED) is 0.143. The average molecular weight is 986 g/mol. The van der Waals surface area contributed by atoms with Crippen molar-refractivity contribution in [2.75, 3.05) is 4.90 Å². The smallest absolute Gasteiger partial charge is 0.143 e. The van der Waals surface area contributed by atoms with Gasteiger partial charge in [-0.25, -0.2) is 0 Å². The molecule has 0 bridgehead atoms. The number of nitrogens with zero attached hydrogens (tertiary/aromatic N) is 1. The van der Waals surface area contributed by atoms with E-state index in [1.165, 1.54) is 75.8 Å². The Hall–Kier alpha value is -9.54. The highest BCUT2D eigenvalue weighted by molar-refractivity contribution is 7.26. The third-order valence-corrected chi connectivity index (χ3v) is 17.0. The predicted molar refractivity (Wildman–Crippen MR) is 320 cm³/mol. The van der Waals surface area contributed by atoms with Gasteiger partial charge in [0.1, 0.15) is 11.2 Å². The van der Waals surface area contributed by atoms with Crippen molar-refractivity contribution in [2.24, 2.45) is 0 Å². The molecular formula is C73H47NOS. The van der Waals surface area contributed by atoms with Gasteiger partial charge in [0, 0.05) is 53.4 Å². The summed E-state index contributed by atoms with van der Waals surface area (Å²) in [6, 6.07) is 104. The van der Waals surface area contributed by atoms with E-state index in [9.17, 15) is 0 Å². The number of benzene rings is 12. The van der Waals surface area contributed by atoms with Gasteiger partial charge in [0.05, 0.1) is 11.1 Å². The van der Waals surface area contributed by atoms with Gasteiger partial charge in [0.25, 0.3) is 0 Å². The number of rotatable bonds is 9. The van der Waals surface area contributed by atoms with Gasteiger partial charge in [-0.05, 0) is 115 Å². The molecule has 1 aliphatic carbocycles. The molecular weight excluding hydrogens is 939 g/mol. The van der Waals surface area contributed by atoms with Gasteiger partial charge < -0.3 is 9.32 Å². The lowest BCUT2D eigenvalue weighted by Gasteiger charge is -2.34. The minimum atomic E-state index is -0.532. The summed E-state index contributed by atoms with van der Waals surface area (Å²) in [5, 5.41) is 4.90. The summed E-state index contributed by atoms with van der Waals surface area (Å²) in [5.41, 5.74) is 21.4. The predicted octanol–water partition coefficient (Wildman–Crippen LogP) is 20.5. The molecule has 0 atom stereocenters. The van der Waals surface area contributed by atoms with Crippen LogP contribution in [0.2, 0.25) is 0 Å². The highest BCUT2D eigenvalue weighted by Crippen LogP contribution is 2.59. The summed E-state index contributed by atoms with van der Waals surface area (Å²) >= 11 is 1.88. The Bertz CT molecular complexity index is 4450. The molecule has 0 radical (unpaired) electrons. The molecule has 0 N–H and O–H groups in total. The molecule has 0 saturated heterocycles. The Balaban J connectivity index is 0.852. The zero-order valence-corrected chi connectivity index (χ0v) is 42.2. The number of para-hydroxylation sites is 2. The van der Waals surface area contributed by atoms with E-state index >= 15 is 0 Å². The van der Waals surface area contributed by atoms with Crippen molar-refractivity contribution in [2.45, 2.75) is 5.41 Å². The van der Waals surface area contributed by atoms with Crippen molar-refractivity contribution in [1.82, 2.24) is 0 Å². The van der Waals surface area contributed by atoms with Crippen molar-refractivity contribution in [1.29, 1.82) is 0 Å². The molecule has 0 fully saturated rings. The van der Waals surface area contributed by atoms with Crippen LogP contribution in [0.25, 0.3) is 97.7 Å².